The zero-order valence-electron chi connectivity index (χ0n) is 9.78. The van der Waals surface area contributed by atoms with Gasteiger partial charge in [-0.3, -0.25) is 9.69 Å². The molecule has 0 radical (unpaired) electrons. The third-order valence-electron chi connectivity index (χ3n) is 3.14. The number of rotatable bonds is 5. The van der Waals surface area contributed by atoms with E-state index in [1.807, 2.05) is 11.8 Å². The van der Waals surface area contributed by atoms with Crippen molar-refractivity contribution in [1.29, 1.82) is 0 Å². The quantitative estimate of drug-likeness (QED) is 0.716. The molecule has 4 nitrogen and oxygen atoms in total. The first-order valence-electron chi connectivity index (χ1n) is 5.79. The molecule has 0 aromatic heterocycles. The predicted molar refractivity (Wildman–Crippen MR) is 59.6 cm³/mol. The standard InChI is InChI=1S/C11H22N2O2/c1-3-12(10(2)15)9-11-5-4-6-13(11)7-8-14/h11,14H,3-9H2,1-2H3/t11-/m1/s1. The first kappa shape index (κ1) is 12.5. The fraction of sp³-hybridized carbons (Fsp3) is 0.909. The summed E-state index contributed by atoms with van der Waals surface area (Å²) in [5, 5.41) is 8.92. The number of amides is 1. The number of nitrogens with zero attached hydrogens (tertiary/aromatic N) is 2. The maximum Gasteiger partial charge on any atom is 0.219 e. The van der Waals surface area contributed by atoms with Gasteiger partial charge in [-0.05, 0) is 26.3 Å². The molecule has 0 aromatic carbocycles. The molecule has 1 saturated heterocycles. The number of hydrogen-bond donors (Lipinski definition) is 1. The van der Waals surface area contributed by atoms with Gasteiger partial charge in [0.15, 0.2) is 0 Å². The number of likely N-dealkylation sites (N-methyl/N-ethyl adjacent to an activating group) is 1. The summed E-state index contributed by atoms with van der Waals surface area (Å²) in [6.07, 6.45) is 2.32. The zero-order chi connectivity index (χ0) is 11.3. The van der Waals surface area contributed by atoms with Gasteiger partial charge in [0.2, 0.25) is 5.91 Å². The molecule has 0 saturated carbocycles. The lowest BCUT2D eigenvalue weighted by molar-refractivity contribution is -0.129. The monoisotopic (exact) mass is 214 g/mol. The molecule has 1 atom stereocenters. The second kappa shape index (κ2) is 6.08. The van der Waals surface area contributed by atoms with Crippen molar-refractivity contribution in [2.75, 3.05) is 32.8 Å². The zero-order valence-corrected chi connectivity index (χ0v) is 9.78. The van der Waals surface area contributed by atoms with E-state index in [-0.39, 0.29) is 12.5 Å². The highest BCUT2D eigenvalue weighted by Crippen LogP contribution is 2.17. The molecule has 1 heterocycles. The summed E-state index contributed by atoms with van der Waals surface area (Å²) in [7, 11) is 0. The van der Waals surface area contributed by atoms with Gasteiger partial charge in [0.1, 0.15) is 0 Å². The van der Waals surface area contributed by atoms with Gasteiger partial charge in [-0.15, -0.1) is 0 Å². The summed E-state index contributed by atoms with van der Waals surface area (Å²) < 4.78 is 0. The average Bonchev–Trinajstić information content (AvgIpc) is 2.62. The minimum absolute atomic E-state index is 0.147. The smallest absolute Gasteiger partial charge is 0.219 e. The molecule has 0 spiro atoms. The summed E-state index contributed by atoms with van der Waals surface area (Å²) >= 11 is 0. The van der Waals surface area contributed by atoms with Gasteiger partial charge in [0.25, 0.3) is 0 Å². The molecule has 1 rings (SSSR count). The van der Waals surface area contributed by atoms with Crippen molar-refractivity contribution >= 4 is 5.91 Å². The first-order chi connectivity index (χ1) is 7.19. The predicted octanol–water partition coefficient (Wildman–Crippen LogP) is 0.311. The number of hydrogen-bond acceptors (Lipinski definition) is 3. The number of aliphatic hydroxyl groups excluding tert-OH is 1. The molecule has 4 heteroatoms. The minimum Gasteiger partial charge on any atom is -0.395 e. The second-order valence-electron chi connectivity index (χ2n) is 4.11. The largest absolute Gasteiger partial charge is 0.395 e. The summed E-state index contributed by atoms with van der Waals surface area (Å²) in [5.41, 5.74) is 0. The third-order valence-corrected chi connectivity index (χ3v) is 3.14. The highest BCUT2D eigenvalue weighted by Gasteiger charge is 2.26. The Balaban J connectivity index is 2.44. The van der Waals surface area contributed by atoms with Gasteiger partial charge in [-0.2, -0.15) is 0 Å². The van der Waals surface area contributed by atoms with Gasteiger partial charge >= 0.3 is 0 Å². The molecule has 1 fully saturated rings. The van der Waals surface area contributed by atoms with Gasteiger partial charge in [0, 0.05) is 32.6 Å². The van der Waals surface area contributed by atoms with E-state index >= 15 is 0 Å². The Hall–Kier alpha value is -0.610. The van der Waals surface area contributed by atoms with Crippen LogP contribution >= 0.6 is 0 Å². The van der Waals surface area contributed by atoms with Crippen molar-refractivity contribution in [3.8, 4) is 0 Å². The summed E-state index contributed by atoms with van der Waals surface area (Å²) in [5.74, 6) is 0.147. The van der Waals surface area contributed by atoms with E-state index in [4.69, 9.17) is 5.11 Å². The lowest BCUT2D eigenvalue weighted by Gasteiger charge is -2.29. The van der Waals surface area contributed by atoms with Gasteiger partial charge in [-0.25, -0.2) is 0 Å². The molecule has 0 aliphatic carbocycles. The third kappa shape index (κ3) is 3.47. The first-order valence-corrected chi connectivity index (χ1v) is 5.79. The van der Waals surface area contributed by atoms with Crippen molar-refractivity contribution in [3.63, 3.8) is 0 Å². The Labute approximate surface area is 91.9 Å². The minimum atomic E-state index is 0.147. The number of aliphatic hydroxyl groups is 1. The highest BCUT2D eigenvalue weighted by molar-refractivity contribution is 5.73. The van der Waals surface area contributed by atoms with Crippen molar-refractivity contribution in [1.82, 2.24) is 9.80 Å². The van der Waals surface area contributed by atoms with Crippen LogP contribution < -0.4 is 0 Å². The van der Waals surface area contributed by atoms with Crippen molar-refractivity contribution in [2.24, 2.45) is 0 Å². The Morgan fingerprint density at radius 3 is 2.87 bits per heavy atom. The van der Waals surface area contributed by atoms with Gasteiger partial charge < -0.3 is 10.0 Å². The highest BCUT2D eigenvalue weighted by atomic mass is 16.3. The van der Waals surface area contributed by atoms with Crippen LogP contribution in [0.25, 0.3) is 0 Å². The molecule has 1 aliphatic rings. The lowest BCUT2D eigenvalue weighted by atomic mass is 10.2. The summed E-state index contributed by atoms with van der Waals surface area (Å²) in [6.45, 7) is 7.22. The average molecular weight is 214 g/mol. The molecular formula is C11H22N2O2. The van der Waals surface area contributed by atoms with Crippen LogP contribution in [0.4, 0.5) is 0 Å². The van der Waals surface area contributed by atoms with Gasteiger partial charge in [-0.1, -0.05) is 0 Å². The van der Waals surface area contributed by atoms with E-state index in [2.05, 4.69) is 4.90 Å². The van der Waals surface area contributed by atoms with E-state index in [1.54, 1.807) is 6.92 Å². The van der Waals surface area contributed by atoms with Crippen LogP contribution in [0.1, 0.15) is 26.7 Å². The van der Waals surface area contributed by atoms with E-state index in [0.717, 1.165) is 32.6 Å². The van der Waals surface area contributed by atoms with Gasteiger partial charge in [0.05, 0.1) is 6.61 Å². The van der Waals surface area contributed by atoms with Crippen LogP contribution in [-0.4, -0.2) is 59.6 Å². The van der Waals surface area contributed by atoms with Crippen LogP contribution in [0, 0.1) is 0 Å². The van der Waals surface area contributed by atoms with Crippen molar-refractivity contribution in [2.45, 2.75) is 32.7 Å². The molecule has 0 unspecified atom stereocenters. The second-order valence-corrected chi connectivity index (χ2v) is 4.11. The molecule has 1 N–H and O–H groups in total. The molecule has 0 bridgehead atoms. The number of β-amino-alcohol motifs (C(OH)–C–C–N with tert-alkyl or cyclic N) is 1. The summed E-state index contributed by atoms with van der Waals surface area (Å²) in [4.78, 5) is 15.4. The number of likely N-dealkylation sites (tertiary alicyclic amines) is 1. The lowest BCUT2D eigenvalue weighted by Crippen LogP contribution is -2.43. The van der Waals surface area contributed by atoms with Crippen LogP contribution in [0.15, 0.2) is 0 Å². The van der Waals surface area contributed by atoms with Crippen molar-refractivity contribution < 1.29 is 9.90 Å². The summed E-state index contributed by atoms with van der Waals surface area (Å²) in [6, 6.07) is 0.445. The molecular weight excluding hydrogens is 192 g/mol. The molecule has 1 aliphatic heterocycles. The van der Waals surface area contributed by atoms with Crippen LogP contribution in [-0.2, 0) is 4.79 Å². The van der Waals surface area contributed by atoms with Crippen LogP contribution in [0.5, 0.6) is 0 Å². The number of carbonyl (C=O) groups excluding carboxylic acids is 1. The maximum absolute atomic E-state index is 11.3. The normalized spacial score (nSPS) is 21.9. The Morgan fingerprint density at radius 1 is 1.60 bits per heavy atom. The Bertz CT molecular complexity index is 209. The fourth-order valence-electron chi connectivity index (χ4n) is 2.26. The maximum atomic E-state index is 11.3. The van der Waals surface area contributed by atoms with E-state index in [9.17, 15) is 4.79 Å². The molecule has 88 valence electrons. The molecule has 1 amide bonds. The fourth-order valence-corrected chi connectivity index (χ4v) is 2.26. The van der Waals surface area contributed by atoms with E-state index < -0.39 is 0 Å². The van der Waals surface area contributed by atoms with Crippen LogP contribution in [0.2, 0.25) is 0 Å². The topological polar surface area (TPSA) is 43.8 Å². The van der Waals surface area contributed by atoms with Crippen LogP contribution in [0.3, 0.4) is 0 Å². The van der Waals surface area contributed by atoms with E-state index in [0.29, 0.717) is 6.04 Å². The van der Waals surface area contributed by atoms with Crippen molar-refractivity contribution in [3.05, 3.63) is 0 Å². The number of carbonyl (C=O) groups is 1. The molecule has 0 aromatic rings. The Morgan fingerprint density at radius 2 is 2.33 bits per heavy atom. The molecule has 15 heavy (non-hydrogen) atoms. The Kier molecular flexibility index (Phi) is 5.05. The SMILES string of the molecule is CCN(C[C@H]1CCCN1CCO)C(C)=O. The van der Waals surface area contributed by atoms with E-state index in [1.165, 1.54) is 6.42 Å².